The van der Waals surface area contributed by atoms with Gasteiger partial charge in [0.1, 0.15) is 18.4 Å². The Bertz CT molecular complexity index is 1350. The monoisotopic (exact) mass is 539 g/mol. The van der Waals surface area contributed by atoms with Crippen molar-refractivity contribution in [2.24, 2.45) is 0 Å². The third kappa shape index (κ3) is 7.41. The number of carbonyl (C=O) groups is 2. The molecule has 0 unspecified atom stereocenters. The van der Waals surface area contributed by atoms with E-state index in [9.17, 15) is 22.4 Å². The van der Waals surface area contributed by atoms with Crippen LogP contribution in [0.4, 0.5) is 10.1 Å². The summed E-state index contributed by atoms with van der Waals surface area (Å²) in [5.74, 6) is -1.36. The van der Waals surface area contributed by atoms with E-state index in [1.165, 1.54) is 24.1 Å². The van der Waals surface area contributed by atoms with Gasteiger partial charge in [-0.25, -0.2) is 12.8 Å². The van der Waals surface area contributed by atoms with Gasteiger partial charge in [0.15, 0.2) is 0 Å². The molecule has 7 nitrogen and oxygen atoms in total. The lowest BCUT2D eigenvalue weighted by atomic mass is 10.0. The first kappa shape index (κ1) is 28.8. The van der Waals surface area contributed by atoms with E-state index in [0.717, 1.165) is 21.7 Å². The van der Waals surface area contributed by atoms with Crippen LogP contribution in [0, 0.1) is 5.82 Å². The Balaban J connectivity index is 2.06. The topological polar surface area (TPSA) is 86.8 Å². The van der Waals surface area contributed by atoms with Gasteiger partial charge >= 0.3 is 0 Å². The number of hydrogen-bond donors (Lipinski definition) is 1. The number of anilines is 1. The van der Waals surface area contributed by atoms with Crippen molar-refractivity contribution in [1.82, 2.24) is 10.2 Å². The minimum absolute atomic E-state index is 0.00649. The summed E-state index contributed by atoms with van der Waals surface area (Å²) in [7, 11) is -2.37. The number of para-hydroxylation sites is 1. The molecule has 0 aromatic heterocycles. The van der Waals surface area contributed by atoms with Gasteiger partial charge in [0, 0.05) is 20.0 Å². The number of sulfonamides is 1. The molecule has 0 aliphatic carbocycles. The first-order valence-electron chi connectivity index (χ1n) is 12.4. The predicted octanol–water partition coefficient (Wildman–Crippen LogP) is 4.10. The Morgan fingerprint density at radius 3 is 2.08 bits per heavy atom. The maximum atomic E-state index is 13.9. The van der Waals surface area contributed by atoms with Gasteiger partial charge in [-0.15, -0.1) is 0 Å². The number of likely N-dealkylation sites (N-methyl/N-ethyl adjacent to an activating group) is 1. The summed E-state index contributed by atoms with van der Waals surface area (Å²) in [5.41, 5.74) is 2.64. The summed E-state index contributed by atoms with van der Waals surface area (Å²) in [6.45, 7) is 3.40. The number of nitrogens with zero attached hydrogens (tertiary/aromatic N) is 2. The van der Waals surface area contributed by atoms with Crippen molar-refractivity contribution in [1.29, 1.82) is 0 Å². The molecule has 0 heterocycles. The number of carbonyl (C=O) groups excluding carboxylic acids is 2. The molecule has 3 aromatic carbocycles. The Hall–Kier alpha value is -3.72. The lowest BCUT2D eigenvalue weighted by molar-refractivity contribution is -0.139. The smallest absolute Gasteiger partial charge is 0.244 e. The summed E-state index contributed by atoms with van der Waals surface area (Å²) in [6, 6.07) is 21.0. The van der Waals surface area contributed by atoms with Crippen LogP contribution in [0.2, 0.25) is 0 Å². The normalized spacial score (nSPS) is 12.2. The van der Waals surface area contributed by atoms with Crippen LogP contribution < -0.4 is 9.62 Å². The van der Waals surface area contributed by atoms with E-state index in [2.05, 4.69) is 5.32 Å². The van der Waals surface area contributed by atoms with Gasteiger partial charge in [-0.05, 0) is 40.8 Å². The van der Waals surface area contributed by atoms with Gasteiger partial charge in [-0.3, -0.25) is 13.9 Å². The van der Waals surface area contributed by atoms with E-state index >= 15 is 0 Å². The molecule has 38 heavy (non-hydrogen) atoms. The molecule has 0 saturated carbocycles. The first-order valence-corrected chi connectivity index (χ1v) is 14.2. The van der Waals surface area contributed by atoms with E-state index in [4.69, 9.17) is 0 Å². The molecule has 0 saturated heterocycles. The van der Waals surface area contributed by atoms with Crippen LogP contribution in [0.15, 0.2) is 78.9 Å². The second-order valence-corrected chi connectivity index (χ2v) is 11.4. The third-order valence-electron chi connectivity index (χ3n) is 6.29. The van der Waals surface area contributed by atoms with E-state index in [1.807, 2.05) is 56.3 Å². The Morgan fingerprint density at radius 2 is 1.50 bits per heavy atom. The largest absolute Gasteiger partial charge is 0.357 e. The molecule has 0 radical (unpaired) electrons. The predicted molar refractivity (Wildman–Crippen MR) is 148 cm³/mol. The van der Waals surface area contributed by atoms with E-state index in [0.29, 0.717) is 11.3 Å². The highest BCUT2D eigenvalue weighted by atomic mass is 32.2. The molecular weight excluding hydrogens is 505 g/mol. The number of rotatable bonds is 11. The van der Waals surface area contributed by atoms with Gasteiger partial charge in [-0.2, -0.15) is 0 Å². The number of nitrogens with one attached hydrogen (secondary N) is 1. The van der Waals surface area contributed by atoms with Crippen LogP contribution in [0.1, 0.15) is 36.5 Å². The molecule has 202 valence electrons. The standard InChI is InChI=1S/C29H34FN3O4S/c1-21(2)25-12-8-9-13-26(25)33(38(4,36)37)20-28(34)32(19-23-14-16-24(30)17-15-23)27(29(35)31-3)18-22-10-6-5-7-11-22/h5-17,21,27H,18-20H2,1-4H3,(H,31,35)/t27-/m1/s1. The maximum Gasteiger partial charge on any atom is 0.244 e. The Labute approximate surface area is 224 Å². The lowest BCUT2D eigenvalue weighted by Gasteiger charge is -2.34. The summed E-state index contributed by atoms with van der Waals surface area (Å²) >= 11 is 0. The quantitative estimate of drug-likeness (QED) is 0.398. The van der Waals surface area contributed by atoms with Crippen LogP contribution in [-0.4, -0.2) is 51.0 Å². The van der Waals surface area contributed by atoms with Crippen LogP contribution in [0.3, 0.4) is 0 Å². The van der Waals surface area contributed by atoms with Crippen molar-refractivity contribution < 1.29 is 22.4 Å². The molecule has 0 spiro atoms. The zero-order valence-corrected chi connectivity index (χ0v) is 22.9. The van der Waals surface area contributed by atoms with Crippen LogP contribution in [0.25, 0.3) is 0 Å². The first-order chi connectivity index (χ1) is 18.0. The minimum atomic E-state index is -3.86. The fraction of sp³-hybridized carbons (Fsp3) is 0.310. The number of benzene rings is 3. The summed E-state index contributed by atoms with van der Waals surface area (Å²) in [6.07, 6.45) is 1.27. The molecular formula is C29H34FN3O4S. The molecule has 0 bridgehead atoms. The summed E-state index contributed by atoms with van der Waals surface area (Å²) < 4.78 is 40.6. The molecule has 1 N–H and O–H groups in total. The second kappa shape index (κ2) is 12.7. The van der Waals surface area contributed by atoms with E-state index < -0.39 is 40.2 Å². The van der Waals surface area contributed by atoms with Crippen molar-refractivity contribution in [3.8, 4) is 0 Å². The number of amides is 2. The van der Waals surface area contributed by atoms with Crippen LogP contribution >= 0.6 is 0 Å². The zero-order valence-electron chi connectivity index (χ0n) is 22.1. The fourth-order valence-corrected chi connectivity index (χ4v) is 5.17. The van der Waals surface area contributed by atoms with Crippen molar-refractivity contribution in [2.75, 3.05) is 24.2 Å². The van der Waals surface area contributed by atoms with E-state index in [1.54, 1.807) is 24.3 Å². The number of halogens is 1. The summed E-state index contributed by atoms with van der Waals surface area (Å²) in [5, 5.41) is 2.63. The molecule has 0 fully saturated rings. The average molecular weight is 540 g/mol. The molecule has 2 amide bonds. The van der Waals surface area contributed by atoms with Crippen molar-refractivity contribution in [3.05, 3.63) is 101 Å². The van der Waals surface area contributed by atoms with Gasteiger partial charge in [-0.1, -0.05) is 74.5 Å². The Morgan fingerprint density at radius 1 is 0.895 bits per heavy atom. The van der Waals surface area contributed by atoms with E-state index in [-0.39, 0.29) is 18.9 Å². The van der Waals surface area contributed by atoms with Gasteiger partial charge < -0.3 is 10.2 Å². The molecule has 0 aliphatic rings. The lowest BCUT2D eigenvalue weighted by Crippen LogP contribution is -2.53. The van der Waals surface area contributed by atoms with Crippen molar-refractivity contribution in [3.63, 3.8) is 0 Å². The maximum absolute atomic E-state index is 13.9. The zero-order chi connectivity index (χ0) is 27.9. The fourth-order valence-electron chi connectivity index (χ4n) is 4.30. The molecule has 9 heteroatoms. The Kier molecular flexibility index (Phi) is 9.63. The van der Waals surface area contributed by atoms with Crippen molar-refractivity contribution in [2.45, 2.75) is 38.8 Å². The molecule has 1 atom stereocenters. The molecule has 0 aliphatic heterocycles. The van der Waals surface area contributed by atoms with Gasteiger partial charge in [0.2, 0.25) is 21.8 Å². The number of hydrogen-bond acceptors (Lipinski definition) is 4. The molecule has 3 aromatic rings. The second-order valence-electron chi connectivity index (χ2n) is 9.45. The third-order valence-corrected chi connectivity index (χ3v) is 7.42. The van der Waals surface area contributed by atoms with Crippen LogP contribution in [-0.2, 0) is 32.6 Å². The highest BCUT2D eigenvalue weighted by Crippen LogP contribution is 2.29. The highest BCUT2D eigenvalue weighted by molar-refractivity contribution is 7.92. The molecule has 3 rings (SSSR count). The minimum Gasteiger partial charge on any atom is -0.357 e. The van der Waals surface area contributed by atoms with Gasteiger partial charge in [0.25, 0.3) is 0 Å². The highest BCUT2D eigenvalue weighted by Gasteiger charge is 2.33. The SMILES string of the molecule is CNC(=O)[C@@H](Cc1ccccc1)N(Cc1ccc(F)cc1)C(=O)CN(c1ccccc1C(C)C)S(C)(=O)=O. The average Bonchev–Trinajstić information content (AvgIpc) is 2.89. The summed E-state index contributed by atoms with van der Waals surface area (Å²) in [4.78, 5) is 28.4. The van der Waals surface area contributed by atoms with Crippen LogP contribution in [0.5, 0.6) is 0 Å². The van der Waals surface area contributed by atoms with Crippen molar-refractivity contribution >= 4 is 27.5 Å². The van der Waals surface area contributed by atoms with Gasteiger partial charge in [0.05, 0.1) is 11.9 Å².